The molecule has 0 aromatic heterocycles. The van der Waals surface area contributed by atoms with Gasteiger partial charge in [0.05, 0.1) is 19.0 Å². The topological polar surface area (TPSA) is 58.6 Å². The van der Waals surface area contributed by atoms with E-state index < -0.39 is 10.0 Å². The molecule has 0 radical (unpaired) electrons. The fraction of sp³-hybridized carbons (Fsp3) is 0.538. The van der Waals surface area contributed by atoms with Crippen LogP contribution in [-0.4, -0.2) is 51.4 Å². The third kappa shape index (κ3) is 6.88. The molecule has 4 rings (SSSR count). The van der Waals surface area contributed by atoms with E-state index in [0.717, 1.165) is 51.7 Å². The number of benzene rings is 2. The van der Waals surface area contributed by atoms with Crippen molar-refractivity contribution in [2.45, 2.75) is 56.7 Å². The molecule has 1 heterocycles. The van der Waals surface area contributed by atoms with Crippen LogP contribution in [0.5, 0.6) is 0 Å². The van der Waals surface area contributed by atoms with Crippen LogP contribution in [-0.2, 0) is 21.3 Å². The van der Waals surface area contributed by atoms with Crippen LogP contribution in [0.15, 0.2) is 60.7 Å². The maximum atomic E-state index is 11.9. The highest BCUT2D eigenvalue weighted by molar-refractivity contribution is 7.88. The highest BCUT2D eigenvalue weighted by Gasteiger charge is 2.32. The first-order valence-corrected chi connectivity index (χ1v) is 13.8. The van der Waals surface area contributed by atoms with Crippen LogP contribution in [0, 0.1) is 5.92 Å². The molecule has 1 saturated carbocycles. The summed E-state index contributed by atoms with van der Waals surface area (Å²) in [6.45, 7) is 3.24. The molecule has 0 amide bonds. The minimum absolute atomic E-state index is 0.0577. The van der Waals surface area contributed by atoms with Crippen molar-refractivity contribution >= 4 is 10.0 Å². The summed E-state index contributed by atoms with van der Waals surface area (Å²) in [6.07, 6.45) is 6.81. The first-order valence-electron chi connectivity index (χ1n) is 11.9. The van der Waals surface area contributed by atoms with Crippen LogP contribution < -0.4 is 4.72 Å². The molecule has 2 fully saturated rings. The minimum Gasteiger partial charge on any atom is -0.378 e. The Bertz CT molecular complexity index is 928. The van der Waals surface area contributed by atoms with Crippen LogP contribution in [0.3, 0.4) is 0 Å². The van der Waals surface area contributed by atoms with Gasteiger partial charge in [-0.05, 0) is 49.1 Å². The van der Waals surface area contributed by atoms with E-state index in [0.29, 0.717) is 12.5 Å². The number of sulfonamides is 1. The van der Waals surface area contributed by atoms with E-state index in [9.17, 15) is 8.42 Å². The van der Waals surface area contributed by atoms with Gasteiger partial charge in [-0.2, -0.15) is 0 Å². The van der Waals surface area contributed by atoms with Gasteiger partial charge in [0.1, 0.15) is 0 Å². The molecule has 1 aliphatic heterocycles. The predicted octanol–water partition coefficient (Wildman–Crippen LogP) is 4.17. The van der Waals surface area contributed by atoms with Crippen LogP contribution in [0.2, 0.25) is 0 Å². The maximum absolute atomic E-state index is 11.9. The summed E-state index contributed by atoms with van der Waals surface area (Å²) in [5.41, 5.74) is 2.73. The Labute approximate surface area is 193 Å². The van der Waals surface area contributed by atoms with E-state index in [-0.39, 0.29) is 18.1 Å². The van der Waals surface area contributed by atoms with E-state index >= 15 is 0 Å². The molecule has 5 nitrogen and oxygen atoms in total. The number of ether oxygens (including phenoxy) is 1. The molecule has 2 atom stereocenters. The van der Waals surface area contributed by atoms with Crippen molar-refractivity contribution in [2.24, 2.45) is 5.92 Å². The Kier molecular flexibility index (Phi) is 8.00. The Hall–Kier alpha value is -1.73. The third-order valence-electron chi connectivity index (χ3n) is 6.92. The molecule has 0 spiro atoms. The zero-order valence-electron chi connectivity index (χ0n) is 19.0. The fourth-order valence-electron chi connectivity index (χ4n) is 5.24. The molecular weight excluding hydrogens is 420 g/mol. The van der Waals surface area contributed by atoms with Crippen molar-refractivity contribution in [1.29, 1.82) is 0 Å². The Morgan fingerprint density at radius 3 is 2.25 bits per heavy atom. The summed E-state index contributed by atoms with van der Waals surface area (Å²) in [5, 5.41) is 0. The van der Waals surface area contributed by atoms with Gasteiger partial charge in [0.2, 0.25) is 10.0 Å². The molecule has 1 saturated heterocycles. The summed E-state index contributed by atoms with van der Waals surface area (Å²) in [4.78, 5) is 2.43. The molecule has 1 unspecified atom stereocenters. The van der Waals surface area contributed by atoms with Gasteiger partial charge >= 0.3 is 0 Å². The standard InChI is InChI=1S/C26H36N2O3S/c1-32(29,30)27-26-16-17-28(18-21-8-4-2-5-9-21)19-24(26)20-31-25-14-12-23(13-15-25)22-10-6-3-7-11-22/h2-11,23-27H,12-20H2,1H3/t23?,24-,25?,26?/m0/s1. The monoisotopic (exact) mass is 456 g/mol. The second-order valence-electron chi connectivity index (χ2n) is 9.48. The predicted molar refractivity (Wildman–Crippen MR) is 129 cm³/mol. The molecule has 6 heteroatoms. The summed E-state index contributed by atoms with van der Waals surface area (Å²) in [6, 6.07) is 21.2. The van der Waals surface area contributed by atoms with E-state index in [4.69, 9.17) is 4.74 Å². The van der Waals surface area contributed by atoms with E-state index in [1.54, 1.807) is 0 Å². The molecule has 174 valence electrons. The second kappa shape index (κ2) is 10.9. The van der Waals surface area contributed by atoms with Crippen molar-refractivity contribution in [2.75, 3.05) is 26.0 Å². The van der Waals surface area contributed by atoms with Gasteiger partial charge in [-0.1, -0.05) is 60.7 Å². The average molecular weight is 457 g/mol. The van der Waals surface area contributed by atoms with Crippen LogP contribution in [0.4, 0.5) is 0 Å². The lowest BCUT2D eigenvalue weighted by Gasteiger charge is -2.39. The first-order chi connectivity index (χ1) is 15.5. The smallest absolute Gasteiger partial charge is 0.208 e. The summed E-state index contributed by atoms with van der Waals surface area (Å²) >= 11 is 0. The van der Waals surface area contributed by atoms with Crippen molar-refractivity contribution in [3.05, 3.63) is 71.8 Å². The van der Waals surface area contributed by atoms with Crippen LogP contribution in [0.25, 0.3) is 0 Å². The highest BCUT2D eigenvalue weighted by Crippen LogP contribution is 2.34. The molecule has 2 aromatic carbocycles. The van der Waals surface area contributed by atoms with Gasteiger partial charge in [0.15, 0.2) is 0 Å². The lowest BCUT2D eigenvalue weighted by atomic mass is 9.82. The van der Waals surface area contributed by atoms with Crippen LogP contribution in [0.1, 0.15) is 49.1 Å². The number of likely N-dealkylation sites (tertiary alicyclic amines) is 1. The highest BCUT2D eigenvalue weighted by atomic mass is 32.2. The van der Waals surface area contributed by atoms with Gasteiger partial charge in [-0.25, -0.2) is 13.1 Å². The Balaban J connectivity index is 1.32. The summed E-state index contributed by atoms with van der Waals surface area (Å²) < 4.78 is 33.1. The fourth-order valence-corrected chi connectivity index (χ4v) is 6.10. The normalized spacial score (nSPS) is 27.3. The maximum Gasteiger partial charge on any atom is 0.208 e. The van der Waals surface area contributed by atoms with Gasteiger partial charge in [-0.15, -0.1) is 0 Å². The third-order valence-corrected chi connectivity index (χ3v) is 7.65. The van der Waals surface area contributed by atoms with Gasteiger partial charge in [0, 0.05) is 31.6 Å². The number of piperidine rings is 1. The van der Waals surface area contributed by atoms with Gasteiger partial charge < -0.3 is 4.74 Å². The second-order valence-corrected chi connectivity index (χ2v) is 11.3. The van der Waals surface area contributed by atoms with E-state index in [1.165, 1.54) is 17.4 Å². The van der Waals surface area contributed by atoms with Gasteiger partial charge in [0.25, 0.3) is 0 Å². The zero-order chi connectivity index (χ0) is 22.4. The average Bonchev–Trinajstić information content (AvgIpc) is 2.80. The Morgan fingerprint density at radius 2 is 1.59 bits per heavy atom. The van der Waals surface area contributed by atoms with E-state index in [2.05, 4.69) is 64.2 Å². The van der Waals surface area contributed by atoms with Crippen molar-refractivity contribution in [1.82, 2.24) is 9.62 Å². The lowest BCUT2D eigenvalue weighted by Crippen LogP contribution is -2.52. The van der Waals surface area contributed by atoms with Crippen LogP contribution >= 0.6 is 0 Å². The lowest BCUT2D eigenvalue weighted by molar-refractivity contribution is -0.0179. The molecule has 2 aromatic rings. The summed E-state index contributed by atoms with van der Waals surface area (Å²) in [7, 11) is -3.24. The molecular formula is C26H36N2O3S. The number of nitrogens with one attached hydrogen (secondary N) is 1. The number of rotatable bonds is 8. The molecule has 0 bridgehead atoms. The van der Waals surface area contributed by atoms with Crippen molar-refractivity contribution in [3.63, 3.8) is 0 Å². The molecule has 32 heavy (non-hydrogen) atoms. The van der Waals surface area contributed by atoms with Crippen molar-refractivity contribution < 1.29 is 13.2 Å². The van der Waals surface area contributed by atoms with E-state index in [1.807, 2.05) is 6.07 Å². The zero-order valence-corrected chi connectivity index (χ0v) is 19.8. The summed E-state index contributed by atoms with van der Waals surface area (Å²) in [5.74, 6) is 0.792. The number of hydrogen-bond donors (Lipinski definition) is 1. The Morgan fingerprint density at radius 1 is 0.938 bits per heavy atom. The number of hydrogen-bond acceptors (Lipinski definition) is 4. The number of nitrogens with zero attached hydrogens (tertiary/aromatic N) is 1. The molecule has 1 aliphatic carbocycles. The largest absolute Gasteiger partial charge is 0.378 e. The SMILES string of the molecule is CS(=O)(=O)NC1CCN(Cc2ccccc2)C[C@H]1COC1CCC(c2ccccc2)CC1. The first kappa shape index (κ1) is 23.4. The molecule has 2 aliphatic rings. The van der Waals surface area contributed by atoms with Gasteiger partial charge in [-0.3, -0.25) is 4.90 Å². The minimum atomic E-state index is -3.24. The molecule has 1 N–H and O–H groups in total. The quantitative estimate of drug-likeness (QED) is 0.648. The van der Waals surface area contributed by atoms with Crippen molar-refractivity contribution in [3.8, 4) is 0 Å².